The van der Waals surface area contributed by atoms with Gasteiger partial charge in [-0.3, -0.25) is 0 Å². The Bertz CT molecular complexity index is 837. The van der Waals surface area contributed by atoms with Crippen molar-refractivity contribution < 1.29 is 4.42 Å². The largest absolute Gasteiger partial charge is 0.423 e. The van der Waals surface area contributed by atoms with Crippen LogP contribution in [0, 0.1) is 0 Å². The molecule has 118 valence electrons. The summed E-state index contributed by atoms with van der Waals surface area (Å²) in [4.78, 5) is 13.8. The average molecular weight is 307 g/mol. The van der Waals surface area contributed by atoms with E-state index >= 15 is 0 Å². The molecule has 3 aromatic rings. The first kappa shape index (κ1) is 15.3. The highest BCUT2D eigenvalue weighted by Gasteiger charge is 2.12. The predicted octanol–water partition coefficient (Wildman–Crippen LogP) is 4.25. The number of nitrogens with zero attached hydrogens (tertiary/aromatic N) is 1. The van der Waals surface area contributed by atoms with E-state index in [-0.39, 0.29) is 5.63 Å². The smallest absolute Gasteiger partial charge is 0.336 e. The number of hydrogen-bond acceptors (Lipinski definition) is 3. The fraction of sp³-hybridized carbons (Fsp3) is 0.250. The van der Waals surface area contributed by atoms with Crippen LogP contribution in [0.15, 0.2) is 69.9 Å². The first-order valence-electron chi connectivity index (χ1n) is 7.98. The number of rotatable bonds is 5. The van der Waals surface area contributed by atoms with E-state index in [1.807, 2.05) is 18.2 Å². The fourth-order valence-electron chi connectivity index (χ4n) is 2.81. The molecule has 3 nitrogen and oxygen atoms in total. The Balaban J connectivity index is 1.87. The van der Waals surface area contributed by atoms with Gasteiger partial charge in [-0.1, -0.05) is 30.3 Å². The molecular weight excluding hydrogens is 286 g/mol. The molecule has 1 aromatic heterocycles. The van der Waals surface area contributed by atoms with Gasteiger partial charge < -0.3 is 9.32 Å². The van der Waals surface area contributed by atoms with E-state index in [9.17, 15) is 4.79 Å². The lowest BCUT2D eigenvalue weighted by Gasteiger charge is -2.29. The Kier molecular flexibility index (Phi) is 4.47. The van der Waals surface area contributed by atoms with E-state index in [1.165, 1.54) is 11.6 Å². The van der Waals surface area contributed by atoms with Crippen LogP contribution in [0.2, 0.25) is 0 Å². The number of fused-ring (bicyclic) bond motifs is 1. The first-order chi connectivity index (χ1) is 11.1. The Morgan fingerprint density at radius 3 is 2.48 bits per heavy atom. The lowest BCUT2D eigenvalue weighted by Crippen LogP contribution is -2.32. The molecule has 0 unspecified atom stereocenters. The average Bonchev–Trinajstić information content (AvgIpc) is 2.55. The molecule has 0 bridgehead atoms. The molecule has 0 N–H and O–H groups in total. The van der Waals surface area contributed by atoms with Crippen molar-refractivity contribution in [2.24, 2.45) is 0 Å². The number of benzene rings is 2. The van der Waals surface area contributed by atoms with E-state index in [0.717, 1.165) is 24.0 Å². The Morgan fingerprint density at radius 1 is 1.00 bits per heavy atom. The first-order valence-corrected chi connectivity index (χ1v) is 7.98. The molecular formula is C20H21NO2. The van der Waals surface area contributed by atoms with Gasteiger partial charge in [0, 0.05) is 35.8 Å². The maximum atomic E-state index is 11.4. The normalized spacial score (nSPS) is 11.1. The number of anilines is 1. The van der Waals surface area contributed by atoms with Crippen LogP contribution < -0.4 is 10.5 Å². The number of hydrogen-bond donors (Lipinski definition) is 0. The third-order valence-corrected chi connectivity index (χ3v) is 4.05. The molecule has 0 aliphatic carbocycles. The summed E-state index contributed by atoms with van der Waals surface area (Å²) in [5.74, 6) is 0. The lowest BCUT2D eigenvalue weighted by molar-refractivity contribution is 0.560. The van der Waals surface area contributed by atoms with E-state index in [0.29, 0.717) is 11.6 Å². The van der Waals surface area contributed by atoms with Gasteiger partial charge in [-0.25, -0.2) is 4.79 Å². The molecule has 0 aliphatic rings. The van der Waals surface area contributed by atoms with Crippen LogP contribution in [-0.2, 0) is 6.42 Å². The highest BCUT2D eigenvalue weighted by Crippen LogP contribution is 2.23. The summed E-state index contributed by atoms with van der Waals surface area (Å²) in [6, 6.07) is 20.2. The third kappa shape index (κ3) is 3.62. The zero-order chi connectivity index (χ0) is 16.2. The molecule has 0 amide bonds. The van der Waals surface area contributed by atoms with Crippen LogP contribution in [0.4, 0.5) is 5.69 Å². The second-order valence-corrected chi connectivity index (χ2v) is 6.00. The molecule has 0 fully saturated rings. The van der Waals surface area contributed by atoms with Gasteiger partial charge in [-0.05, 0) is 44.0 Å². The van der Waals surface area contributed by atoms with Crippen molar-refractivity contribution >= 4 is 16.7 Å². The minimum absolute atomic E-state index is 0.310. The van der Waals surface area contributed by atoms with Gasteiger partial charge >= 0.3 is 5.63 Å². The quantitative estimate of drug-likeness (QED) is 0.661. The van der Waals surface area contributed by atoms with Crippen LogP contribution in [-0.4, -0.2) is 12.6 Å². The molecule has 0 atom stereocenters. The van der Waals surface area contributed by atoms with Crippen molar-refractivity contribution in [3.63, 3.8) is 0 Å². The van der Waals surface area contributed by atoms with Gasteiger partial charge in [0.05, 0.1) is 0 Å². The van der Waals surface area contributed by atoms with Crippen LogP contribution in [0.5, 0.6) is 0 Å². The summed E-state index contributed by atoms with van der Waals surface area (Å²) >= 11 is 0. The highest BCUT2D eigenvalue weighted by molar-refractivity contribution is 5.80. The van der Waals surface area contributed by atoms with Crippen LogP contribution >= 0.6 is 0 Å². The molecule has 0 saturated carbocycles. The third-order valence-electron chi connectivity index (χ3n) is 4.05. The zero-order valence-corrected chi connectivity index (χ0v) is 13.5. The van der Waals surface area contributed by atoms with Crippen molar-refractivity contribution in [1.29, 1.82) is 0 Å². The van der Waals surface area contributed by atoms with Gasteiger partial charge in [0.25, 0.3) is 0 Å². The molecule has 0 saturated heterocycles. The maximum absolute atomic E-state index is 11.4. The minimum Gasteiger partial charge on any atom is -0.423 e. The van der Waals surface area contributed by atoms with Crippen LogP contribution in [0.1, 0.15) is 19.4 Å². The lowest BCUT2D eigenvalue weighted by atomic mass is 10.1. The topological polar surface area (TPSA) is 33.5 Å². The molecule has 0 radical (unpaired) electrons. The summed E-state index contributed by atoms with van der Waals surface area (Å²) in [5.41, 5.74) is 2.73. The standard InChI is InChI=1S/C20H21NO2/c1-15(2)21(13-12-16-6-4-3-5-7-16)18-10-8-17-9-11-20(22)23-19(17)14-18/h3-11,14-15H,12-13H2,1-2H3. The summed E-state index contributed by atoms with van der Waals surface area (Å²) in [5, 5.41) is 0.945. The van der Waals surface area contributed by atoms with E-state index in [2.05, 4.69) is 49.1 Å². The highest BCUT2D eigenvalue weighted by atomic mass is 16.4. The van der Waals surface area contributed by atoms with Gasteiger partial charge in [0.15, 0.2) is 0 Å². The molecule has 23 heavy (non-hydrogen) atoms. The van der Waals surface area contributed by atoms with Crippen molar-refractivity contribution in [1.82, 2.24) is 0 Å². The van der Waals surface area contributed by atoms with E-state index < -0.39 is 0 Å². The molecule has 1 heterocycles. The molecule has 0 aliphatic heterocycles. The van der Waals surface area contributed by atoms with Crippen molar-refractivity contribution in [2.45, 2.75) is 26.3 Å². The second kappa shape index (κ2) is 6.69. The second-order valence-electron chi connectivity index (χ2n) is 6.00. The molecule has 3 rings (SSSR count). The van der Waals surface area contributed by atoms with Crippen LogP contribution in [0.3, 0.4) is 0 Å². The summed E-state index contributed by atoms with van der Waals surface area (Å²) in [7, 11) is 0. The monoisotopic (exact) mass is 307 g/mol. The van der Waals surface area contributed by atoms with E-state index in [1.54, 1.807) is 6.07 Å². The van der Waals surface area contributed by atoms with Crippen molar-refractivity contribution in [3.8, 4) is 0 Å². The zero-order valence-electron chi connectivity index (χ0n) is 13.5. The summed E-state index contributed by atoms with van der Waals surface area (Å²) < 4.78 is 5.31. The fourth-order valence-corrected chi connectivity index (χ4v) is 2.81. The van der Waals surface area contributed by atoms with Crippen molar-refractivity contribution in [2.75, 3.05) is 11.4 Å². The van der Waals surface area contributed by atoms with Gasteiger partial charge in [0.2, 0.25) is 0 Å². The van der Waals surface area contributed by atoms with Gasteiger partial charge in [-0.15, -0.1) is 0 Å². The Hall–Kier alpha value is -2.55. The summed E-state index contributed by atoms with van der Waals surface area (Å²) in [6.45, 7) is 5.27. The maximum Gasteiger partial charge on any atom is 0.336 e. The van der Waals surface area contributed by atoms with Gasteiger partial charge in [-0.2, -0.15) is 0 Å². The summed E-state index contributed by atoms with van der Waals surface area (Å²) in [6.07, 6.45) is 0.982. The van der Waals surface area contributed by atoms with Gasteiger partial charge in [0.1, 0.15) is 5.58 Å². The van der Waals surface area contributed by atoms with Crippen molar-refractivity contribution in [3.05, 3.63) is 76.6 Å². The Labute approximate surface area is 136 Å². The Morgan fingerprint density at radius 2 is 1.74 bits per heavy atom. The predicted molar refractivity (Wildman–Crippen MR) is 95.1 cm³/mol. The molecule has 3 heteroatoms. The van der Waals surface area contributed by atoms with E-state index in [4.69, 9.17) is 4.42 Å². The minimum atomic E-state index is -0.310. The SMILES string of the molecule is CC(C)N(CCc1ccccc1)c1ccc2ccc(=O)oc2c1. The van der Waals surface area contributed by atoms with Crippen LogP contribution in [0.25, 0.3) is 11.0 Å². The molecule has 0 spiro atoms. The molecule has 2 aromatic carbocycles.